The van der Waals surface area contributed by atoms with Gasteiger partial charge in [0.15, 0.2) is 11.5 Å². The second-order valence-electron chi connectivity index (χ2n) is 5.02. The molecule has 25 heavy (non-hydrogen) atoms. The molecule has 0 saturated carbocycles. The van der Waals surface area contributed by atoms with Crippen molar-refractivity contribution >= 4 is 29.2 Å². The van der Waals surface area contributed by atoms with E-state index >= 15 is 0 Å². The van der Waals surface area contributed by atoms with Crippen molar-refractivity contribution in [3.63, 3.8) is 0 Å². The van der Waals surface area contributed by atoms with Gasteiger partial charge in [0.25, 0.3) is 11.8 Å². The summed E-state index contributed by atoms with van der Waals surface area (Å²) in [6.45, 7) is 4.35. The maximum absolute atomic E-state index is 12.1. The number of hydrazine groups is 1. The molecule has 7 heteroatoms. The third-order valence-electron chi connectivity index (χ3n) is 3.19. The van der Waals surface area contributed by atoms with E-state index < -0.39 is 11.8 Å². The Kier molecular flexibility index (Phi) is 6.59. The van der Waals surface area contributed by atoms with Crippen molar-refractivity contribution in [3.8, 4) is 11.5 Å². The van der Waals surface area contributed by atoms with Crippen LogP contribution < -0.4 is 20.3 Å². The molecule has 0 aliphatic carbocycles. The van der Waals surface area contributed by atoms with E-state index in [2.05, 4.69) is 10.9 Å². The van der Waals surface area contributed by atoms with Crippen LogP contribution in [0.25, 0.3) is 6.08 Å². The molecular weight excluding hydrogens is 340 g/mol. The molecule has 1 heterocycles. The van der Waals surface area contributed by atoms with Crippen LogP contribution in [0, 0.1) is 6.92 Å². The Morgan fingerprint density at radius 3 is 2.60 bits per heavy atom. The minimum atomic E-state index is -0.449. The number of nitrogens with one attached hydrogen (secondary N) is 2. The van der Waals surface area contributed by atoms with Gasteiger partial charge in [0.05, 0.1) is 13.7 Å². The van der Waals surface area contributed by atoms with Gasteiger partial charge in [0.2, 0.25) is 0 Å². The van der Waals surface area contributed by atoms with Crippen LogP contribution in [0.15, 0.2) is 36.4 Å². The third-order valence-corrected chi connectivity index (χ3v) is 4.15. The number of hydrogen-bond donors (Lipinski definition) is 2. The standard InChI is InChI=1S/C18H20N2O4S/c1-4-24-15-9-6-13(11-16(15)23-3)18(22)20-19-17(21)10-8-14-7-5-12(2)25-14/h5-11H,4H2,1-3H3,(H,19,21)(H,20,22)/b10-8+. The largest absolute Gasteiger partial charge is 0.493 e. The fourth-order valence-electron chi connectivity index (χ4n) is 2.02. The maximum atomic E-state index is 12.1. The van der Waals surface area contributed by atoms with Crippen molar-refractivity contribution in [2.24, 2.45) is 0 Å². The highest BCUT2D eigenvalue weighted by Crippen LogP contribution is 2.27. The smallest absolute Gasteiger partial charge is 0.269 e. The molecule has 0 atom stereocenters. The number of hydrogen-bond acceptors (Lipinski definition) is 5. The Morgan fingerprint density at radius 2 is 1.96 bits per heavy atom. The van der Waals surface area contributed by atoms with Crippen LogP contribution in [0.2, 0.25) is 0 Å². The number of amides is 2. The molecule has 0 aliphatic rings. The van der Waals surface area contributed by atoms with Crippen LogP contribution in [-0.4, -0.2) is 25.5 Å². The van der Waals surface area contributed by atoms with Crippen LogP contribution in [0.1, 0.15) is 27.0 Å². The van der Waals surface area contributed by atoms with Crippen molar-refractivity contribution in [2.45, 2.75) is 13.8 Å². The predicted octanol–water partition coefficient (Wildman–Crippen LogP) is 2.94. The van der Waals surface area contributed by atoms with Gasteiger partial charge in [0, 0.05) is 21.4 Å². The molecular formula is C18H20N2O4S. The lowest BCUT2D eigenvalue weighted by atomic mass is 10.2. The summed E-state index contributed by atoms with van der Waals surface area (Å²) >= 11 is 1.58. The van der Waals surface area contributed by atoms with Gasteiger partial charge < -0.3 is 9.47 Å². The Bertz CT molecular complexity index is 783. The molecule has 2 rings (SSSR count). The normalized spacial score (nSPS) is 10.5. The summed E-state index contributed by atoms with van der Waals surface area (Å²) in [6.07, 6.45) is 3.06. The lowest BCUT2D eigenvalue weighted by Crippen LogP contribution is -2.40. The van der Waals surface area contributed by atoms with Crippen LogP contribution in [0.3, 0.4) is 0 Å². The maximum Gasteiger partial charge on any atom is 0.269 e. The van der Waals surface area contributed by atoms with Crippen molar-refractivity contribution in [2.75, 3.05) is 13.7 Å². The summed E-state index contributed by atoms with van der Waals surface area (Å²) < 4.78 is 10.6. The van der Waals surface area contributed by atoms with E-state index in [9.17, 15) is 9.59 Å². The highest BCUT2D eigenvalue weighted by molar-refractivity contribution is 7.12. The molecule has 0 spiro atoms. The molecule has 0 radical (unpaired) electrons. The van der Waals surface area contributed by atoms with Crippen LogP contribution in [0.5, 0.6) is 11.5 Å². The number of thiophene rings is 1. The molecule has 1 aromatic heterocycles. The zero-order chi connectivity index (χ0) is 18.2. The van der Waals surface area contributed by atoms with E-state index in [1.807, 2.05) is 26.0 Å². The lowest BCUT2D eigenvalue weighted by molar-refractivity contribution is -0.117. The molecule has 0 bridgehead atoms. The average molecular weight is 360 g/mol. The Balaban J connectivity index is 1.93. The number of carbonyl (C=O) groups excluding carboxylic acids is 2. The van der Waals surface area contributed by atoms with Gasteiger partial charge in [-0.05, 0) is 50.3 Å². The van der Waals surface area contributed by atoms with E-state index in [4.69, 9.17) is 9.47 Å². The zero-order valence-corrected chi connectivity index (χ0v) is 15.1. The molecule has 0 aliphatic heterocycles. The zero-order valence-electron chi connectivity index (χ0n) is 14.3. The van der Waals surface area contributed by atoms with Gasteiger partial charge in [-0.2, -0.15) is 0 Å². The summed E-state index contributed by atoms with van der Waals surface area (Å²) in [5, 5.41) is 0. The van der Waals surface area contributed by atoms with Gasteiger partial charge in [-0.3, -0.25) is 20.4 Å². The number of aryl methyl sites for hydroxylation is 1. The first-order valence-electron chi connectivity index (χ1n) is 7.69. The Labute approximate surface area is 150 Å². The Hall–Kier alpha value is -2.80. The van der Waals surface area contributed by atoms with Crippen molar-refractivity contribution in [1.29, 1.82) is 0 Å². The van der Waals surface area contributed by atoms with Crippen molar-refractivity contribution < 1.29 is 19.1 Å². The molecule has 132 valence electrons. The van der Waals surface area contributed by atoms with Crippen LogP contribution >= 0.6 is 11.3 Å². The fraction of sp³-hybridized carbons (Fsp3) is 0.222. The molecule has 2 amide bonds. The van der Waals surface area contributed by atoms with Gasteiger partial charge in [-0.25, -0.2) is 0 Å². The van der Waals surface area contributed by atoms with Gasteiger partial charge in [-0.15, -0.1) is 11.3 Å². The second kappa shape index (κ2) is 8.89. The summed E-state index contributed by atoms with van der Waals surface area (Å²) in [6, 6.07) is 8.70. The first-order valence-corrected chi connectivity index (χ1v) is 8.50. The predicted molar refractivity (Wildman–Crippen MR) is 97.9 cm³/mol. The minimum absolute atomic E-state index is 0.346. The van der Waals surface area contributed by atoms with E-state index in [0.29, 0.717) is 23.7 Å². The third kappa shape index (κ3) is 5.36. The number of benzene rings is 1. The monoisotopic (exact) mass is 360 g/mol. The molecule has 2 N–H and O–H groups in total. The molecule has 0 unspecified atom stereocenters. The van der Waals surface area contributed by atoms with Crippen LogP contribution in [0.4, 0.5) is 0 Å². The van der Waals surface area contributed by atoms with E-state index in [1.165, 1.54) is 13.2 Å². The first kappa shape index (κ1) is 18.5. The SMILES string of the molecule is CCOc1ccc(C(=O)NNC(=O)/C=C/c2ccc(C)s2)cc1OC. The van der Waals surface area contributed by atoms with Gasteiger partial charge >= 0.3 is 0 Å². The fourth-order valence-corrected chi connectivity index (χ4v) is 2.80. The topological polar surface area (TPSA) is 76.7 Å². The summed E-state index contributed by atoms with van der Waals surface area (Å²) in [4.78, 5) is 26.0. The highest BCUT2D eigenvalue weighted by atomic mass is 32.1. The van der Waals surface area contributed by atoms with Crippen molar-refractivity contribution in [3.05, 3.63) is 51.7 Å². The lowest BCUT2D eigenvalue weighted by Gasteiger charge is -2.11. The number of methoxy groups -OCH3 is 1. The average Bonchev–Trinajstić information content (AvgIpc) is 3.03. The van der Waals surface area contributed by atoms with Gasteiger partial charge in [0.1, 0.15) is 0 Å². The summed E-state index contributed by atoms with van der Waals surface area (Å²) in [7, 11) is 1.50. The Morgan fingerprint density at radius 1 is 1.16 bits per heavy atom. The molecule has 0 saturated heterocycles. The first-order chi connectivity index (χ1) is 12.0. The van der Waals surface area contributed by atoms with E-state index in [0.717, 1.165) is 9.75 Å². The summed E-state index contributed by atoms with van der Waals surface area (Å²) in [5.41, 5.74) is 5.05. The summed E-state index contributed by atoms with van der Waals surface area (Å²) in [5.74, 6) is 0.140. The number of ether oxygens (including phenoxy) is 2. The number of carbonyl (C=O) groups is 2. The van der Waals surface area contributed by atoms with Gasteiger partial charge in [-0.1, -0.05) is 0 Å². The van der Waals surface area contributed by atoms with E-state index in [1.54, 1.807) is 35.6 Å². The highest BCUT2D eigenvalue weighted by Gasteiger charge is 2.11. The minimum Gasteiger partial charge on any atom is -0.493 e. The molecule has 1 aromatic carbocycles. The number of rotatable bonds is 6. The van der Waals surface area contributed by atoms with Crippen LogP contribution in [-0.2, 0) is 4.79 Å². The second-order valence-corrected chi connectivity index (χ2v) is 6.34. The quantitative estimate of drug-likeness (QED) is 0.613. The van der Waals surface area contributed by atoms with E-state index in [-0.39, 0.29) is 0 Å². The molecule has 2 aromatic rings. The van der Waals surface area contributed by atoms with Crippen molar-refractivity contribution in [1.82, 2.24) is 10.9 Å². The molecule has 0 fully saturated rings. The molecule has 6 nitrogen and oxygen atoms in total.